The third-order valence-electron chi connectivity index (χ3n) is 2.70. The van der Waals surface area contributed by atoms with Gasteiger partial charge < -0.3 is 10.6 Å². The molecule has 0 saturated heterocycles. The van der Waals surface area contributed by atoms with Crippen molar-refractivity contribution in [3.8, 4) is 6.07 Å². The standard InChI is InChI=1S/C13H18FN3/c1-3-17(9-5-8-15)12-7-4-6-11(14)13(12)10(2)16/h4,6-7,10H,3,5,9,16H2,1-2H3/t10-/m1/s1. The minimum absolute atomic E-state index is 0.284. The highest BCUT2D eigenvalue weighted by molar-refractivity contribution is 5.55. The lowest BCUT2D eigenvalue weighted by Crippen LogP contribution is -2.26. The number of hydrogen-bond donors (Lipinski definition) is 1. The van der Waals surface area contributed by atoms with Crippen LogP contribution in [0.4, 0.5) is 10.1 Å². The summed E-state index contributed by atoms with van der Waals surface area (Å²) in [7, 11) is 0. The number of rotatable bonds is 5. The van der Waals surface area contributed by atoms with E-state index in [1.165, 1.54) is 6.07 Å². The minimum Gasteiger partial charge on any atom is -0.370 e. The molecule has 0 radical (unpaired) electrons. The number of hydrogen-bond acceptors (Lipinski definition) is 3. The number of benzene rings is 1. The Morgan fingerprint density at radius 2 is 2.24 bits per heavy atom. The quantitative estimate of drug-likeness (QED) is 0.853. The second kappa shape index (κ2) is 6.21. The van der Waals surface area contributed by atoms with Gasteiger partial charge in [-0.1, -0.05) is 6.07 Å². The van der Waals surface area contributed by atoms with Crippen LogP contribution in [0, 0.1) is 17.1 Å². The van der Waals surface area contributed by atoms with Crippen LogP contribution in [0.2, 0.25) is 0 Å². The highest BCUT2D eigenvalue weighted by atomic mass is 19.1. The van der Waals surface area contributed by atoms with Crippen molar-refractivity contribution in [3.05, 3.63) is 29.6 Å². The molecule has 0 amide bonds. The summed E-state index contributed by atoms with van der Waals surface area (Å²) in [5, 5.41) is 8.62. The molecule has 1 aromatic rings. The molecule has 0 fully saturated rings. The van der Waals surface area contributed by atoms with Gasteiger partial charge in [0.05, 0.1) is 12.5 Å². The first-order valence-corrected chi connectivity index (χ1v) is 5.77. The lowest BCUT2D eigenvalue weighted by molar-refractivity contribution is 0.591. The summed E-state index contributed by atoms with van der Waals surface area (Å²) in [4.78, 5) is 1.98. The Kier molecular flexibility index (Phi) is 4.92. The number of nitriles is 1. The van der Waals surface area contributed by atoms with E-state index >= 15 is 0 Å². The highest BCUT2D eigenvalue weighted by Crippen LogP contribution is 2.27. The van der Waals surface area contributed by atoms with E-state index < -0.39 is 0 Å². The van der Waals surface area contributed by atoms with Gasteiger partial charge in [-0.25, -0.2) is 4.39 Å². The van der Waals surface area contributed by atoms with E-state index in [4.69, 9.17) is 11.0 Å². The molecule has 92 valence electrons. The zero-order valence-corrected chi connectivity index (χ0v) is 10.3. The minimum atomic E-state index is -0.359. The maximum atomic E-state index is 13.7. The first-order valence-electron chi connectivity index (χ1n) is 5.77. The van der Waals surface area contributed by atoms with E-state index in [1.807, 2.05) is 17.9 Å². The lowest BCUT2D eigenvalue weighted by atomic mass is 10.0. The van der Waals surface area contributed by atoms with Gasteiger partial charge in [0.15, 0.2) is 0 Å². The smallest absolute Gasteiger partial charge is 0.130 e. The Balaban J connectivity index is 3.10. The first-order chi connectivity index (χ1) is 8.11. The summed E-state index contributed by atoms with van der Waals surface area (Å²) in [6.45, 7) is 5.06. The fourth-order valence-electron chi connectivity index (χ4n) is 1.89. The second-order valence-corrected chi connectivity index (χ2v) is 3.95. The molecule has 0 bridgehead atoms. The van der Waals surface area contributed by atoms with Crippen LogP contribution in [-0.2, 0) is 0 Å². The monoisotopic (exact) mass is 235 g/mol. The molecular formula is C13H18FN3. The molecule has 2 N–H and O–H groups in total. The van der Waals surface area contributed by atoms with Crippen molar-refractivity contribution in [1.82, 2.24) is 0 Å². The predicted molar refractivity (Wildman–Crippen MR) is 67.1 cm³/mol. The van der Waals surface area contributed by atoms with Crippen molar-refractivity contribution in [2.45, 2.75) is 26.3 Å². The van der Waals surface area contributed by atoms with E-state index in [0.717, 1.165) is 12.2 Å². The maximum Gasteiger partial charge on any atom is 0.130 e. The van der Waals surface area contributed by atoms with Crippen molar-refractivity contribution in [1.29, 1.82) is 5.26 Å². The molecule has 1 rings (SSSR count). The van der Waals surface area contributed by atoms with E-state index in [-0.39, 0.29) is 11.9 Å². The van der Waals surface area contributed by atoms with E-state index in [0.29, 0.717) is 18.5 Å². The van der Waals surface area contributed by atoms with Gasteiger partial charge >= 0.3 is 0 Å². The molecule has 1 aromatic carbocycles. The summed E-state index contributed by atoms with van der Waals surface area (Å²) in [5.41, 5.74) is 7.12. The van der Waals surface area contributed by atoms with Crippen LogP contribution in [0.3, 0.4) is 0 Å². The number of halogens is 1. The third kappa shape index (κ3) is 3.18. The van der Waals surface area contributed by atoms with Gasteiger partial charge in [0.2, 0.25) is 0 Å². The van der Waals surface area contributed by atoms with Crippen LogP contribution in [0.5, 0.6) is 0 Å². The molecule has 0 aromatic heterocycles. The van der Waals surface area contributed by atoms with Crippen LogP contribution in [0.15, 0.2) is 18.2 Å². The van der Waals surface area contributed by atoms with Crippen LogP contribution in [0.1, 0.15) is 31.9 Å². The third-order valence-corrected chi connectivity index (χ3v) is 2.70. The molecule has 3 nitrogen and oxygen atoms in total. The molecule has 0 heterocycles. The number of nitrogens with two attached hydrogens (primary N) is 1. The zero-order chi connectivity index (χ0) is 12.8. The average Bonchev–Trinajstić information content (AvgIpc) is 2.29. The van der Waals surface area contributed by atoms with E-state index in [1.54, 1.807) is 13.0 Å². The van der Waals surface area contributed by atoms with Crippen molar-refractivity contribution in [2.24, 2.45) is 5.73 Å². The van der Waals surface area contributed by atoms with Crippen LogP contribution < -0.4 is 10.6 Å². The van der Waals surface area contributed by atoms with Gasteiger partial charge in [-0.2, -0.15) is 5.26 Å². The Labute approximate surface area is 102 Å². The normalized spacial score (nSPS) is 11.9. The van der Waals surface area contributed by atoms with E-state index in [9.17, 15) is 4.39 Å². The molecule has 0 unspecified atom stereocenters. The van der Waals surface area contributed by atoms with Crippen molar-refractivity contribution in [2.75, 3.05) is 18.0 Å². The summed E-state index contributed by atoms with van der Waals surface area (Å²) in [5.74, 6) is -0.284. The molecule has 0 aliphatic heterocycles. The molecule has 0 spiro atoms. The highest BCUT2D eigenvalue weighted by Gasteiger charge is 2.16. The molecule has 17 heavy (non-hydrogen) atoms. The van der Waals surface area contributed by atoms with Crippen molar-refractivity contribution in [3.63, 3.8) is 0 Å². The number of nitrogens with zero attached hydrogens (tertiary/aromatic N) is 2. The Bertz CT molecular complexity index is 410. The fraction of sp³-hybridized carbons (Fsp3) is 0.462. The van der Waals surface area contributed by atoms with Crippen molar-refractivity contribution >= 4 is 5.69 Å². The van der Waals surface area contributed by atoms with Gasteiger partial charge in [0.1, 0.15) is 5.82 Å². The molecule has 4 heteroatoms. The molecular weight excluding hydrogens is 217 g/mol. The van der Waals surface area contributed by atoms with Gasteiger partial charge in [-0.15, -0.1) is 0 Å². The average molecular weight is 235 g/mol. The predicted octanol–water partition coefficient (Wildman–Crippen LogP) is 2.59. The Morgan fingerprint density at radius 1 is 1.53 bits per heavy atom. The zero-order valence-electron chi connectivity index (χ0n) is 10.3. The summed E-state index contributed by atoms with van der Waals surface area (Å²) < 4.78 is 13.7. The first kappa shape index (κ1) is 13.5. The molecule has 0 aliphatic carbocycles. The second-order valence-electron chi connectivity index (χ2n) is 3.95. The molecule has 1 atom stereocenters. The summed E-state index contributed by atoms with van der Waals surface area (Å²) in [6.07, 6.45) is 0.419. The Morgan fingerprint density at radius 3 is 2.76 bits per heavy atom. The molecule has 0 saturated carbocycles. The largest absolute Gasteiger partial charge is 0.370 e. The fourth-order valence-corrected chi connectivity index (χ4v) is 1.89. The molecule has 0 aliphatic rings. The van der Waals surface area contributed by atoms with E-state index in [2.05, 4.69) is 6.07 Å². The van der Waals surface area contributed by atoms with Gasteiger partial charge in [-0.3, -0.25) is 0 Å². The van der Waals surface area contributed by atoms with Crippen molar-refractivity contribution < 1.29 is 4.39 Å². The van der Waals surface area contributed by atoms with Gasteiger partial charge in [0.25, 0.3) is 0 Å². The van der Waals surface area contributed by atoms with Crippen LogP contribution in [0.25, 0.3) is 0 Å². The van der Waals surface area contributed by atoms with Crippen LogP contribution in [-0.4, -0.2) is 13.1 Å². The van der Waals surface area contributed by atoms with Gasteiger partial charge in [-0.05, 0) is 26.0 Å². The Hall–Kier alpha value is -1.60. The summed E-state index contributed by atoms with van der Waals surface area (Å²) in [6, 6.07) is 6.68. The summed E-state index contributed by atoms with van der Waals surface area (Å²) >= 11 is 0. The number of anilines is 1. The maximum absolute atomic E-state index is 13.7. The lowest BCUT2D eigenvalue weighted by Gasteiger charge is -2.26. The van der Waals surface area contributed by atoms with Gasteiger partial charge in [0, 0.05) is 30.4 Å². The SMILES string of the molecule is CCN(CCC#N)c1cccc(F)c1[C@@H](C)N. The van der Waals surface area contributed by atoms with Crippen LogP contribution >= 0.6 is 0 Å². The topological polar surface area (TPSA) is 53.0 Å².